The van der Waals surface area contributed by atoms with E-state index in [-0.39, 0.29) is 0 Å². The zero-order valence-electron chi connectivity index (χ0n) is 16.7. The van der Waals surface area contributed by atoms with E-state index in [9.17, 15) is 4.55 Å². The van der Waals surface area contributed by atoms with E-state index in [1.165, 1.54) is 11.3 Å². The number of aryl methyl sites for hydroxylation is 1. The lowest BCUT2D eigenvalue weighted by atomic mass is 10.1. The standard InChI is InChI=1S/C20H17N7O2S2/c1-26-10-12-7-11(9-21-18(12)25-26)14-8-13-15-3-4-22-27(15)24-17-16(13)19(23-14)30-20(17)31(28)6-5-29-2/h3-4,7-10,24H,5-6H2,1-2H3. The van der Waals surface area contributed by atoms with Gasteiger partial charge in [-0.05, 0) is 18.2 Å². The van der Waals surface area contributed by atoms with Crippen LogP contribution in [0.3, 0.4) is 0 Å². The monoisotopic (exact) mass is 451 g/mol. The summed E-state index contributed by atoms with van der Waals surface area (Å²) in [5.74, 6) is 0.424. The molecule has 1 atom stereocenters. The van der Waals surface area contributed by atoms with Crippen molar-refractivity contribution in [3.8, 4) is 11.3 Å². The Kier molecular flexibility index (Phi) is 4.25. The Morgan fingerprint density at radius 2 is 2.23 bits per heavy atom. The van der Waals surface area contributed by atoms with Crippen LogP contribution in [-0.2, 0) is 23.0 Å². The molecule has 0 aliphatic heterocycles. The maximum absolute atomic E-state index is 13.0. The fraction of sp³-hybridized carbons (Fsp3) is 0.200. The van der Waals surface area contributed by atoms with Crippen LogP contribution in [0.1, 0.15) is 0 Å². The molecule has 0 radical (unpaired) electrons. The third kappa shape index (κ3) is 2.92. The Bertz CT molecular complexity index is 1580. The third-order valence-corrected chi connectivity index (χ3v) is 8.06. The van der Waals surface area contributed by atoms with Crippen molar-refractivity contribution in [1.82, 2.24) is 34.6 Å². The number of pyridine rings is 2. The number of nitrogens with one attached hydrogen (secondary N) is 1. The highest BCUT2D eigenvalue weighted by molar-refractivity contribution is 7.93. The van der Waals surface area contributed by atoms with Gasteiger partial charge in [0.05, 0.1) is 29.4 Å². The van der Waals surface area contributed by atoms with Crippen molar-refractivity contribution >= 4 is 60.2 Å². The number of nitrogens with zero attached hydrogens (tertiary/aromatic N) is 6. The van der Waals surface area contributed by atoms with Crippen LogP contribution in [0.2, 0.25) is 0 Å². The van der Waals surface area contributed by atoms with E-state index in [0.717, 1.165) is 47.5 Å². The number of hydrogen-bond acceptors (Lipinski definition) is 7. The SMILES string of the molecule is COCC[S+]([O-])c1sc2nc(-c3cnc4nn(C)cc4c3)cc3c2c1[nH]n1nccc31. The second-order valence-corrected chi connectivity index (χ2v) is 9.99. The molecular weight excluding hydrogens is 434 g/mol. The normalized spacial score (nSPS) is 13.3. The van der Waals surface area contributed by atoms with Gasteiger partial charge in [0.1, 0.15) is 16.1 Å². The third-order valence-electron chi connectivity index (χ3n) is 5.22. The van der Waals surface area contributed by atoms with Gasteiger partial charge in [0.2, 0.25) is 4.21 Å². The van der Waals surface area contributed by atoms with Crippen LogP contribution in [-0.4, -0.2) is 58.6 Å². The molecule has 6 aromatic rings. The van der Waals surface area contributed by atoms with Crippen molar-refractivity contribution in [3.63, 3.8) is 0 Å². The minimum atomic E-state index is -1.21. The Hall–Kier alpha value is -2.99. The average Bonchev–Trinajstić information content (AvgIpc) is 3.48. The van der Waals surface area contributed by atoms with Crippen LogP contribution in [0.4, 0.5) is 0 Å². The van der Waals surface area contributed by atoms with E-state index >= 15 is 0 Å². The molecule has 6 aromatic heterocycles. The highest BCUT2D eigenvalue weighted by Gasteiger charge is 2.25. The Morgan fingerprint density at radius 1 is 1.32 bits per heavy atom. The number of ether oxygens (including phenoxy) is 1. The maximum Gasteiger partial charge on any atom is 0.234 e. The number of methoxy groups -OCH3 is 1. The van der Waals surface area contributed by atoms with Crippen molar-refractivity contribution in [2.75, 3.05) is 19.5 Å². The molecule has 1 unspecified atom stereocenters. The van der Waals surface area contributed by atoms with Gasteiger partial charge in [0, 0.05) is 54.1 Å². The van der Waals surface area contributed by atoms with E-state index in [0.29, 0.717) is 18.0 Å². The minimum absolute atomic E-state index is 0.424. The van der Waals surface area contributed by atoms with Gasteiger partial charge < -0.3 is 9.29 Å². The molecule has 11 heteroatoms. The minimum Gasteiger partial charge on any atom is -0.611 e. The molecule has 31 heavy (non-hydrogen) atoms. The average molecular weight is 452 g/mol. The Balaban J connectivity index is 1.62. The fourth-order valence-corrected chi connectivity index (χ4v) is 6.44. The van der Waals surface area contributed by atoms with E-state index in [1.807, 2.05) is 31.4 Å². The summed E-state index contributed by atoms with van der Waals surface area (Å²) in [6.45, 7) is 0.426. The summed E-state index contributed by atoms with van der Waals surface area (Å²) >= 11 is 0.238. The van der Waals surface area contributed by atoms with Crippen molar-refractivity contribution < 1.29 is 9.29 Å². The predicted octanol–water partition coefficient (Wildman–Crippen LogP) is 3.13. The van der Waals surface area contributed by atoms with Gasteiger partial charge in [-0.2, -0.15) is 14.8 Å². The second-order valence-electron chi connectivity index (χ2n) is 7.22. The van der Waals surface area contributed by atoms with E-state index in [1.54, 1.807) is 28.8 Å². The summed E-state index contributed by atoms with van der Waals surface area (Å²) in [4.78, 5) is 10.2. The topological polar surface area (TPSA) is 109 Å². The van der Waals surface area contributed by atoms with E-state index < -0.39 is 11.2 Å². The van der Waals surface area contributed by atoms with Gasteiger partial charge in [0.25, 0.3) is 0 Å². The van der Waals surface area contributed by atoms with Gasteiger partial charge in [0.15, 0.2) is 5.65 Å². The zero-order valence-corrected chi connectivity index (χ0v) is 18.3. The van der Waals surface area contributed by atoms with Crippen LogP contribution in [0.25, 0.3) is 48.9 Å². The quantitative estimate of drug-likeness (QED) is 0.403. The fourth-order valence-electron chi connectivity index (χ4n) is 3.82. The first-order valence-corrected chi connectivity index (χ1v) is 11.7. The summed E-state index contributed by atoms with van der Waals surface area (Å²) in [5, 5.41) is 14.9. The number of aromatic nitrogens is 7. The highest BCUT2D eigenvalue weighted by atomic mass is 32.2. The molecule has 0 spiro atoms. The molecule has 0 saturated carbocycles. The van der Waals surface area contributed by atoms with Crippen molar-refractivity contribution in [3.05, 3.63) is 36.8 Å². The largest absolute Gasteiger partial charge is 0.611 e. The van der Waals surface area contributed by atoms with Gasteiger partial charge in [-0.15, -0.1) is 0 Å². The van der Waals surface area contributed by atoms with Crippen LogP contribution in [0.15, 0.2) is 41.0 Å². The number of rotatable bonds is 5. The lowest BCUT2D eigenvalue weighted by Gasteiger charge is -2.09. The molecule has 0 aliphatic rings. The first-order chi connectivity index (χ1) is 15.1. The van der Waals surface area contributed by atoms with E-state index in [2.05, 4.69) is 20.3 Å². The van der Waals surface area contributed by atoms with Crippen LogP contribution >= 0.6 is 11.3 Å². The number of aromatic amines is 1. The van der Waals surface area contributed by atoms with Crippen LogP contribution in [0.5, 0.6) is 0 Å². The number of fused-ring (bicyclic) bond motifs is 3. The zero-order chi connectivity index (χ0) is 21.1. The molecule has 0 fully saturated rings. The summed E-state index contributed by atoms with van der Waals surface area (Å²) < 4.78 is 22.3. The molecule has 0 bridgehead atoms. The molecule has 6 rings (SSSR count). The van der Waals surface area contributed by atoms with Gasteiger partial charge in [-0.3, -0.25) is 9.78 Å². The van der Waals surface area contributed by atoms with E-state index in [4.69, 9.17) is 9.72 Å². The molecule has 156 valence electrons. The van der Waals surface area contributed by atoms with Crippen LogP contribution in [0, 0.1) is 0 Å². The molecule has 0 saturated heterocycles. The molecule has 0 aliphatic carbocycles. The summed E-state index contributed by atoms with van der Waals surface area (Å²) in [7, 11) is 3.49. The number of H-pyrrole nitrogens is 1. The summed E-state index contributed by atoms with van der Waals surface area (Å²) in [6, 6.07) is 6.05. The first-order valence-electron chi connectivity index (χ1n) is 9.58. The molecular formula is C20H17N7O2S2. The smallest absolute Gasteiger partial charge is 0.234 e. The Morgan fingerprint density at radius 3 is 3.10 bits per heavy atom. The van der Waals surface area contributed by atoms with Crippen molar-refractivity contribution in [2.45, 2.75) is 4.21 Å². The lowest BCUT2D eigenvalue weighted by molar-refractivity contribution is 0.217. The van der Waals surface area contributed by atoms with Crippen molar-refractivity contribution in [2.24, 2.45) is 7.05 Å². The van der Waals surface area contributed by atoms with Gasteiger partial charge in [-0.25, -0.2) is 9.97 Å². The highest BCUT2D eigenvalue weighted by Crippen LogP contribution is 2.40. The van der Waals surface area contributed by atoms with Gasteiger partial charge in [-0.1, -0.05) is 11.3 Å². The molecule has 0 amide bonds. The number of hydrogen-bond donors (Lipinski definition) is 1. The molecule has 1 N–H and O–H groups in total. The molecule has 0 aromatic carbocycles. The summed E-state index contributed by atoms with van der Waals surface area (Å²) in [5.41, 5.74) is 4.15. The Labute approximate surface area is 182 Å². The van der Waals surface area contributed by atoms with Gasteiger partial charge >= 0.3 is 0 Å². The van der Waals surface area contributed by atoms with Crippen molar-refractivity contribution in [1.29, 1.82) is 0 Å². The predicted molar refractivity (Wildman–Crippen MR) is 121 cm³/mol. The first kappa shape index (κ1) is 18.8. The molecule has 9 nitrogen and oxygen atoms in total. The van der Waals surface area contributed by atoms with Crippen LogP contribution < -0.4 is 0 Å². The lowest BCUT2D eigenvalue weighted by Crippen LogP contribution is -2.11. The maximum atomic E-state index is 13.0. The summed E-state index contributed by atoms with van der Waals surface area (Å²) in [6.07, 6.45) is 5.48. The number of thiophene rings is 1. The molecule has 6 heterocycles. The second kappa shape index (κ2) is 7.02.